The fraction of sp³-hybridized carbons (Fsp3) is 0.571. The Morgan fingerprint density at radius 1 is 0.656 bits per heavy atom. The molecule has 2 aromatic rings. The maximum Gasteiger partial charge on any atom is 0.123 e. The highest BCUT2D eigenvalue weighted by atomic mass is 19.1. The molecule has 0 aromatic heterocycles. The second-order valence-electron chi connectivity index (χ2n) is 8.20. The molecule has 2 aliphatic heterocycles. The Morgan fingerprint density at radius 3 is 1.69 bits per heavy atom. The molecule has 2 atom stereocenters. The van der Waals surface area contributed by atoms with E-state index in [2.05, 4.69) is 23.9 Å². The lowest BCUT2D eigenvalue weighted by molar-refractivity contribution is 0.187. The van der Waals surface area contributed by atoms with E-state index in [-0.39, 0.29) is 11.6 Å². The molecule has 2 heterocycles. The van der Waals surface area contributed by atoms with Crippen molar-refractivity contribution in [2.75, 3.05) is 33.7 Å². The van der Waals surface area contributed by atoms with E-state index in [1.807, 2.05) is 52.0 Å². The summed E-state index contributed by atoms with van der Waals surface area (Å²) in [4.78, 5) is 4.70. The van der Waals surface area contributed by atoms with Gasteiger partial charge in [-0.25, -0.2) is 8.78 Å². The van der Waals surface area contributed by atoms with Gasteiger partial charge in [-0.15, -0.1) is 0 Å². The van der Waals surface area contributed by atoms with Crippen LogP contribution in [-0.2, 0) is 0 Å². The molecule has 180 valence electrons. The van der Waals surface area contributed by atoms with Gasteiger partial charge in [0.1, 0.15) is 11.6 Å². The van der Waals surface area contributed by atoms with Crippen molar-refractivity contribution < 1.29 is 8.78 Å². The summed E-state index contributed by atoms with van der Waals surface area (Å²) in [7, 11) is 4.29. The van der Waals surface area contributed by atoms with Crippen LogP contribution in [0.5, 0.6) is 0 Å². The van der Waals surface area contributed by atoms with Gasteiger partial charge in [0.05, 0.1) is 0 Å². The normalized spacial score (nSPS) is 21.1. The van der Waals surface area contributed by atoms with Crippen molar-refractivity contribution in [3.05, 3.63) is 71.3 Å². The molecule has 32 heavy (non-hydrogen) atoms. The highest BCUT2D eigenvalue weighted by Crippen LogP contribution is 2.29. The summed E-state index contributed by atoms with van der Waals surface area (Å²) in [6.07, 6.45) is 6.25. The quantitative estimate of drug-likeness (QED) is 0.467. The van der Waals surface area contributed by atoms with E-state index in [1.54, 1.807) is 24.3 Å². The predicted molar refractivity (Wildman–Crippen MR) is 134 cm³/mol. The third-order valence-electron chi connectivity index (χ3n) is 5.99. The van der Waals surface area contributed by atoms with Crippen LogP contribution in [0.1, 0.15) is 82.9 Å². The molecule has 4 rings (SSSR count). The van der Waals surface area contributed by atoms with Crippen molar-refractivity contribution in [3.63, 3.8) is 0 Å². The molecule has 2 aromatic carbocycles. The summed E-state index contributed by atoms with van der Waals surface area (Å²) >= 11 is 0. The SMILES string of the molecule is CC.CC.CN1CCCC(c2ccc(F)cc2)C1.CN1CCCCC1c1ccc(F)cc1. The van der Waals surface area contributed by atoms with Crippen LogP contribution in [0.3, 0.4) is 0 Å². The summed E-state index contributed by atoms with van der Waals surface area (Å²) in [5, 5.41) is 0. The van der Waals surface area contributed by atoms with E-state index in [0.717, 1.165) is 13.1 Å². The molecule has 4 heteroatoms. The maximum atomic E-state index is 12.7. The Morgan fingerprint density at radius 2 is 1.19 bits per heavy atom. The Bertz CT molecular complexity index is 715. The third kappa shape index (κ3) is 9.38. The summed E-state index contributed by atoms with van der Waals surface area (Å²) in [6, 6.07) is 14.4. The van der Waals surface area contributed by atoms with Crippen molar-refractivity contribution >= 4 is 0 Å². The second kappa shape index (κ2) is 15.9. The Labute approximate surface area is 195 Å². The maximum absolute atomic E-state index is 12.7. The summed E-state index contributed by atoms with van der Waals surface area (Å²) < 4.78 is 25.5. The van der Waals surface area contributed by atoms with Crippen LogP contribution in [0, 0.1) is 11.6 Å². The van der Waals surface area contributed by atoms with Crippen molar-refractivity contribution in [3.8, 4) is 0 Å². The van der Waals surface area contributed by atoms with Gasteiger partial charge in [-0.2, -0.15) is 0 Å². The number of piperidine rings is 2. The van der Waals surface area contributed by atoms with Crippen molar-refractivity contribution in [1.82, 2.24) is 9.80 Å². The first-order valence-corrected chi connectivity index (χ1v) is 12.4. The predicted octanol–water partition coefficient (Wildman–Crippen LogP) is 7.67. The summed E-state index contributed by atoms with van der Waals surface area (Å²) in [5.74, 6) is 0.305. The first-order chi connectivity index (χ1) is 15.5. The number of rotatable bonds is 2. The van der Waals surface area contributed by atoms with Crippen LogP contribution in [0.15, 0.2) is 48.5 Å². The smallest absolute Gasteiger partial charge is 0.123 e. The number of hydrogen-bond donors (Lipinski definition) is 0. The van der Waals surface area contributed by atoms with Crippen molar-refractivity contribution in [2.24, 2.45) is 0 Å². The number of likely N-dealkylation sites (tertiary alicyclic amines) is 2. The van der Waals surface area contributed by atoms with Gasteiger partial charge in [0.2, 0.25) is 0 Å². The molecular formula is C28H44F2N2. The minimum absolute atomic E-state index is 0.141. The van der Waals surface area contributed by atoms with E-state index in [0.29, 0.717) is 12.0 Å². The largest absolute Gasteiger partial charge is 0.306 e. The molecular weight excluding hydrogens is 402 g/mol. The van der Waals surface area contributed by atoms with Gasteiger partial charge in [-0.3, -0.25) is 4.90 Å². The van der Waals surface area contributed by atoms with E-state index in [9.17, 15) is 8.78 Å². The molecule has 0 radical (unpaired) electrons. The number of likely N-dealkylation sites (N-methyl/N-ethyl adjacent to an activating group) is 1. The average Bonchev–Trinajstić information content (AvgIpc) is 2.84. The minimum Gasteiger partial charge on any atom is -0.306 e. The molecule has 0 spiro atoms. The van der Waals surface area contributed by atoms with Crippen LogP contribution in [0.4, 0.5) is 8.78 Å². The van der Waals surface area contributed by atoms with Gasteiger partial charge in [0.15, 0.2) is 0 Å². The van der Waals surface area contributed by atoms with Crippen LogP contribution in [0.2, 0.25) is 0 Å². The van der Waals surface area contributed by atoms with Crippen LogP contribution < -0.4 is 0 Å². The van der Waals surface area contributed by atoms with E-state index < -0.39 is 0 Å². The first kappa shape index (κ1) is 28.3. The highest BCUT2D eigenvalue weighted by molar-refractivity contribution is 5.21. The molecule has 0 amide bonds. The molecule has 0 N–H and O–H groups in total. The zero-order valence-corrected chi connectivity index (χ0v) is 21.1. The Kier molecular flexibility index (Phi) is 14.1. The topological polar surface area (TPSA) is 6.48 Å². The zero-order valence-electron chi connectivity index (χ0n) is 21.1. The number of halogens is 2. The first-order valence-electron chi connectivity index (χ1n) is 12.4. The summed E-state index contributed by atoms with van der Waals surface area (Å²) in [6.45, 7) is 11.4. The Hall–Kier alpha value is -1.78. The molecule has 2 saturated heterocycles. The van der Waals surface area contributed by atoms with Gasteiger partial charge in [0.25, 0.3) is 0 Å². The molecule has 2 fully saturated rings. The highest BCUT2D eigenvalue weighted by Gasteiger charge is 2.20. The van der Waals surface area contributed by atoms with Crippen LogP contribution in [0.25, 0.3) is 0 Å². The van der Waals surface area contributed by atoms with Crippen molar-refractivity contribution in [1.29, 1.82) is 0 Å². The number of benzene rings is 2. The van der Waals surface area contributed by atoms with Gasteiger partial charge in [-0.1, -0.05) is 58.4 Å². The third-order valence-corrected chi connectivity index (χ3v) is 5.99. The monoisotopic (exact) mass is 446 g/mol. The fourth-order valence-corrected chi connectivity index (χ4v) is 4.35. The fourth-order valence-electron chi connectivity index (χ4n) is 4.35. The van der Waals surface area contributed by atoms with Crippen LogP contribution in [-0.4, -0.2) is 43.5 Å². The second-order valence-corrected chi connectivity index (χ2v) is 8.20. The molecule has 0 bridgehead atoms. The lowest BCUT2D eigenvalue weighted by Crippen LogP contribution is -2.30. The average molecular weight is 447 g/mol. The molecule has 2 aliphatic rings. The van der Waals surface area contributed by atoms with Crippen LogP contribution >= 0.6 is 0 Å². The zero-order chi connectivity index (χ0) is 23.9. The standard InChI is InChI=1S/2C12H16FN.2C2H6/c1-14-8-2-3-11(9-14)10-4-6-12(13)7-5-10;1-14-9-3-2-4-12(14)10-5-7-11(13)8-6-10;2*1-2/h4-7,11H,2-3,8-9H2,1H3;5-8,12H,2-4,9H2,1H3;2*1-2H3. The van der Waals surface area contributed by atoms with E-state index in [1.165, 1.54) is 49.8 Å². The Balaban J connectivity index is 0.000000277. The molecule has 2 nitrogen and oxygen atoms in total. The van der Waals surface area contributed by atoms with E-state index >= 15 is 0 Å². The number of nitrogens with zero attached hydrogens (tertiary/aromatic N) is 2. The van der Waals surface area contributed by atoms with Gasteiger partial charge in [0, 0.05) is 12.6 Å². The van der Waals surface area contributed by atoms with Gasteiger partial charge < -0.3 is 4.90 Å². The van der Waals surface area contributed by atoms with Gasteiger partial charge >= 0.3 is 0 Å². The number of hydrogen-bond acceptors (Lipinski definition) is 2. The summed E-state index contributed by atoms with van der Waals surface area (Å²) in [5.41, 5.74) is 2.52. The molecule has 2 unspecified atom stereocenters. The molecule has 0 saturated carbocycles. The van der Waals surface area contributed by atoms with Crippen molar-refractivity contribution in [2.45, 2.75) is 71.8 Å². The lowest BCUT2D eigenvalue weighted by Gasteiger charge is -2.32. The lowest BCUT2D eigenvalue weighted by atomic mass is 9.91. The molecule has 0 aliphatic carbocycles. The van der Waals surface area contributed by atoms with E-state index in [4.69, 9.17) is 0 Å². The minimum atomic E-state index is -0.146. The van der Waals surface area contributed by atoms with Gasteiger partial charge in [-0.05, 0) is 94.2 Å².